The van der Waals surface area contributed by atoms with Gasteiger partial charge in [0.2, 0.25) is 5.91 Å². The number of hydrogen-bond donors (Lipinski definition) is 2. The monoisotopic (exact) mass is 256 g/mol. The van der Waals surface area contributed by atoms with Crippen molar-refractivity contribution in [3.63, 3.8) is 0 Å². The lowest BCUT2D eigenvalue weighted by Gasteiger charge is -2.08. The number of aryl methyl sites for hydroxylation is 1. The second kappa shape index (κ2) is 4.57. The van der Waals surface area contributed by atoms with Crippen LogP contribution in [0.4, 0.5) is 5.69 Å². The van der Waals surface area contributed by atoms with Crippen molar-refractivity contribution in [1.29, 1.82) is 0 Å². The van der Waals surface area contributed by atoms with Crippen LogP contribution in [0.25, 0.3) is 0 Å². The Balaban J connectivity index is 2.82. The van der Waals surface area contributed by atoms with Gasteiger partial charge in [-0.25, -0.2) is 0 Å². The van der Waals surface area contributed by atoms with Crippen molar-refractivity contribution in [2.24, 2.45) is 5.73 Å². The summed E-state index contributed by atoms with van der Waals surface area (Å²) in [5.74, 6) is -0.178. The van der Waals surface area contributed by atoms with E-state index in [1.54, 1.807) is 6.92 Å². The average Bonchev–Trinajstić information content (AvgIpc) is 2.01. The van der Waals surface area contributed by atoms with Crippen molar-refractivity contribution in [2.75, 3.05) is 5.32 Å². The summed E-state index contributed by atoms with van der Waals surface area (Å²) >= 11 is 3.36. The molecule has 1 aromatic carbocycles. The number of amides is 1. The van der Waals surface area contributed by atoms with E-state index in [2.05, 4.69) is 21.2 Å². The van der Waals surface area contributed by atoms with Gasteiger partial charge >= 0.3 is 0 Å². The second-order valence-electron chi connectivity index (χ2n) is 3.30. The summed E-state index contributed by atoms with van der Waals surface area (Å²) < 4.78 is 0.942. The summed E-state index contributed by atoms with van der Waals surface area (Å²) in [5.41, 5.74) is 7.28. The molecular formula is C10H13BrN2O. The van der Waals surface area contributed by atoms with Crippen molar-refractivity contribution in [2.45, 2.75) is 19.9 Å². The van der Waals surface area contributed by atoms with Gasteiger partial charge in [-0.15, -0.1) is 0 Å². The van der Waals surface area contributed by atoms with Crippen LogP contribution in [0.2, 0.25) is 0 Å². The van der Waals surface area contributed by atoms with Crippen LogP contribution < -0.4 is 11.1 Å². The molecule has 3 nitrogen and oxygen atoms in total. The van der Waals surface area contributed by atoms with Gasteiger partial charge in [-0.3, -0.25) is 4.79 Å². The fraction of sp³-hybridized carbons (Fsp3) is 0.300. The van der Waals surface area contributed by atoms with Gasteiger partial charge in [-0.05, 0) is 37.6 Å². The third-order valence-electron chi connectivity index (χ3n) is 1.72. The van der Waals surface area contributed by atoms with Crippen LogP contribution in [0.1, 0.15) is 12.5 Å². The molecule has 0 bridgehead atoms. The second-order valence-corrected chi connectivity index (χ2v) is 4.21. The first-order chi connectivity index (χ1) is 6.49. The molecule has 1 rings (SSSR count). The summed E-state index contributed by atoms with van der Waals surface area (Å²) in [6.07, 6.45) is 0. The molecule has 3 N–H and O–H groups in total. The van der Waals surface area contributed by atoms with Gasteiger partial charge in [0.1, 0.15) is 0 Å². The van der Waals surface area contributed by atoms with Gasteiger partial charge in [0.05, 0.1) is 6.04 Å². The van der Waals surface area contributed by atoms with Gasteiger partial charge in [0.15, 0.2) is 0 Å². The number of nitrogens with one attached hydrogen (secondary N) is 1. The number of carbonyl (C=O) groups is 1. The Morgan fingerprint density at radius 1 is 1.50 bits per heavy atom. The number of halogens is 1. The van der Waals surface area contributed by atoms with Gasteiger partial charge in [0, 0.05) is 10.2 Å². The normalized spacial score (nSPS) is 12.3. The quantitative estimate of drug-likeness (QED) is 0.851. The molecule has 0 aliphatic carbocycles. The van der Waals surface area contributed by atoms with E-state index >= 15 is 0 Å². The van der Waals surface area contributed by atoms with E-state index in [4.69, 9.17) is 5.73 Å². The highest BCUT2D eigenvalue weighted by Gasteiger charge is 2.07. The summed E-state index contributed by atoms with van der Waals surface area (Å²) in [4.78, 5) is 11.3. The van der Waals surface area contributed by atoms with Crippen molar-refractivity contribution < 1.29 is 4.79 Å². The molecule has 1 aromatic rings. The van der Waals surface area contributed by atoms with Gasteiger partial charge in [-0.1, -0.05) is 15.9 Å². The summed E-state index contributed by atoms with van der Waals surface area (Å²) in [6, 6.07) is 5.22. The minimum Gasteiger partial charge on any atom is -0.325 e. The third kappa shape index (κ3) is 3.12. The molecule has 0 aliphatic heterocycles. The largest absolute Gasteiger partial charge is 0.325 e. The standard InChI is InChI=1S/C10H13BrN2O/c1-6-3-8(11)5-9(4-6)13-10(14)7(2)12/h3-5,7H,12H2,1-2H3,(H,13,14). The molecule has 1 amide bonds. The fourth-order valence-electron chi connectivity index (χ4n) is 1.06. The molecule has 0 fully saturated rings. The minimum absolute atomic E-state index is 0.178. The highest BCUT2D eigenvalue weighted by Crippen LogP contribution is 2.18. The summed E-state index contributed by atoms with van der Waals surface area (Å²) in [5, 5.41) is 2.73. The lowest BCUT2D eigenvalue weighted by atomic mass is 10.2. The predicted molar refractivity (Wildman–Crippen MR) is 61.2 cm³/mol. The maximum atomic E-state index is 11.3. The number of nitrogens with two attached hydrogens (primary N) is 1. The van der Waals surface area contributed by atoms with Crippen molar-refractivity contribution in [1.82, 2.24) is 0 Å². The predicted octanol–water partition coefficient (Wildman–Crippen LogP) is 2.04. The molecule has 0 aromatic heterocycles. The maximum Gasteiger partial charge on any atom is 0.240 e. The van der Waals surface area contributed by atoms with Crippen molar-refractivity contribution in [3.05, 3.63) is 28.2 Å². The van der Waals surface area contributed by atoms with Crippen LogP contribution in [0.15, 0.2) is 22.7 Å². The van der Waals surface area contributed by atoms with Crippen LogP contribution in [-0.2, 0) is 4.79 Å². The zero-order valence-electron chi connectivity index (χ0n) is 8.17. The maximum absolute atomic E-state index is 11.3. The zero-order chi connectivity index (χ0) is 10.7. The van der Waals surface area contributed by atoms with E-state index < -0.39 is 6.04 Å². The van der Waals surface area contributed by atoms with Crippen LogP contribution in [0, 0.1) is 6.92 Å². The Labute approximate surface area is 91.8 Å². The first-order valence-electron chi connectivity index (χ1n) is 4.32. The van der Waals surface area contributed by atoms with Crippen LogP contribution >= 0.6 is 15.9 Å². The Morgan fingerprint density at radius 3 is 2.64 bits per heavy atom. The number of anilines is 1. The van der Waals surface area contributed by atoms with Crippen molar-refractivity contribution in [3.8, 4) is 0 Å². The van der Waals surface area contributed by atoms with E-state index in [1.807, 2.05) is 25.1 Å². The molecule has 0 spiro atoms. The molecule has 4 heteroatoms. The highest BCUT2D eigenvalue weighted by molar-refractivity contribution is 9.10. The topological polar surface area (TPSA) is 55.1 Å². The number of benzene rings is 1. The first-order valence-corrected chi connectivity index (χ1v) is 5.12. The van der Waals surface area contributed by atoms with Crippen molar-refractivity contribution >= 4 is 27.5 Å². The van der Waals surface area contributed by atoms with Gasteiger partial charge in [0.25, 0.3) is 0 Å². The van der Waals surface area contributed by atoms with E-state index in [9.17, 15) is 4.79 Å². The SMILES string of the molecule is Cc1cc(Br)cc(NC(=O)C(C)N)c1. The molecule has 0 radical (unpaired) electrons. The minimum atomic E-state index is -0.491. The lowest BCUT2D eigenvalue weighted by Crippen LogP contribution is -2.32. The Bertz CT molecular complexity index is 330. The molecule has 0 saturated heterocycles. The summed E-state index contributed by atoms with van der Waals surface area (Å²) in [7, 11) is 0. The van der Waals surface area contributed by atoms with Crippen LogP contribution in [0.3, 0.4) is 0 Å². The number of rotatable bonds is 2. The molecule has 14 heavy (non-hydrogen) atoms. The smallest absolute Gasteiger partial charge is 0.240 e. The Morgan fingerprint density at radius 2 is 2.14 bits per heavy atom. The molecule has 1 atom stereocenters. The average molecular weight is 257 g/mol. The molecule has 76 valence electrons. The molecule has 1 unspecified atom stereocenters. The zero-order valence-corrected chi connectivity index (χ0v) is 9.76. The third-order valence-corrected chi connectivity index (χ3v) is 2.18. The first kappa shape index (κ1) is 11.2. The Hall–Kier alpha value is -0.870. The lowest BCUT2D eigenvalue weighted by molar-refractivity contribution is -0.117. The molecule has 0 saturated carbocycles. The Kier molecular flexibility index (Phi) is 3.66. The highest BCUT2D eigenvalue weighted by atomic mass is 79.9. The van der Waals surface area contributed by atoms with E-state index in [0.717, 1.165) is 15.7 Å². The number of hydrogen-bond acceptors (Lipinski definition) is 2. The number of carbonyl (C=O) groups excluding carboxylic acids is 1. The molecule has 0 aliphatic rings. The van der Waals surface area contributed by atoms with E-state index in [1.165, 1.54) is 0 Å². The van der Waals surface area contributed by atoms with Gasteiger partial charge in [-0.2, -0.15) is 0 Å². The fourth-order valence-corrected chi connectivity index (χ4v) is 1.67. The van der Waals surface area contributed by atoms with Crippen LogP contribution in [-0.4, -0.2) is 11.9 Å². The summed E-state index contributed by atoms with van der Waals surface area (Å²) in [6.45, 7) is 3.62. The van der Waals surface area contributed by atoms with Crippen LogP contribution in [0.5, 0.6) is 0 Å². The van der Waals surface area contributed by atoms with Gasteiger partial charge < -0.3 is 11.1 Å². The van der Waals surface area contributed by atoms with E-state index in [0.29, 0.717) is 0 Å². The molecular weight excluding hydrogens is 244 g/mol. The van der Waals surface area contributed by atoms with E-state index in [-0.39, 0.29) is 5.91 Å². The molecule has 0 heterocycles.